The van der Waals surface area contributed by atoms with E-state index in [9.17, 15) is 9.59 Å². The number of rotatable bonds is 5. The molecule has 21 heavy (non-hydrogen) atoms. The van der Waals surface area contributed by atoms with Crippen molar-refractivity contribution in [3.8, 4) is 0 Å². The average molecular weight is 297 g/mol. The maximum Gasteiger partial charge on any atom is 0.332 e. The summed E-state index contributed by atoms with van der Waals surface area (Å²) in [6.45, 7) is 5.05. The Balaban J connectivity index is 1.79. The van der Waals surface area contributed by atoms with Gasteiger partial charge in [-0.3, -0.25) is 4.79 Å². The summed E-state index contributed by atoms with van der Waals surface area (Å²) in [6, 6.07) is 0. The van der Waals surface area contributed by atoms with E-state index in [4.69, 9.17) is 9.84 Å². The van der Waals surface area contributed by atoms with E-state index in [2.05, 4.69) is 19.2 Å². The van der Waals surface area contributed by atoms with Crippen molar-refractivity contribution in [2.45, 2.75) is 71.0 Å². The van der Waals surface area contributed by atoms with Gasteiger partial charge in [-0.2, -0.15) is 0 Å². The lowest BCUT2D eigenvalue weighted by atomic mass is 9.71. The molecule has 0 bridgehead atoms. The third kappa shape index (κ3) is 4.19. The van der Waals surface area contributed by atoms with Crippen LogP contribution in [0.25, 0.3) is 0 Å². The minimum atomic E-state index is -0.979. The molecule has 1 aliphatic heterocycles. The van der Waals surface area contributed by atoms with E-state index in [1.165, 1.54) is 32.1 Å². The van der Waals surface area contributed by atoms with Gasteiger partial charge >= 0.3 is 5.97 Å². The summed E-state index contributed by atoms with van der Waals surface area (Å²) in [6.07, 6.45) is 5.85. The summed E-state index contributed by atoms with van der Waals surface area (Å²) in [5, 5.41) is 11.9. The Kier molecular flexibility index (Phi) is 5.25. The molecular formula is C16H27NO4. The van der Waals surface area contributed by atoms with Gasteiger partial charge in [-0.15, -0.1) is 0 Å². The first-order chi connectivity index (χ1) is 9.90. The molecule has 5 nitrogen and oxygen atoms in total. The molecule has 0 radical (unpaired) electrons. The average Bonchev–Trinajstić information content (AvgIpc) is 2.96. The molecule has 2 aliphatic rings. The van der Waals surface area contributed by atoms with Crippen LogP contribution >= 0.6 is 0 Å². The highest BCUT2D eigenvalue weighted by Gasteiger charge is 2.36. The monoisotopic (exact) mass is 297 g/mol. The van der Waals surface area contributed by atoms with Crippen LogP contribution in [-0.2, 0) is 14.3 Å². The number of nitrogens with one attached hydrogen (secondary N) is 1. The van der Waals surface area contributed by atoms with Crippen molar-refractivity contribution in [3.63, 3.8) is 0 Å². The lowest BCUT2D eigenvalue weighted by molar-refractivity contribution is -0.151. The lowest BCUT2D eigenvalue weighted by Gasteiger charge is -2.37. The fraction of sp³-hybridized carbons (Fsp3) is 0.875. The Hall–Kier alpha value is -1.10. The zero-order valence-corrected chi connectivity index (χ0v) is 13.1. The predicted molar refractivity (Wildman–Crippen MR) is 78.9 cm³/mol. The van der Waals surface area contributed by atoms with Crippen LogP contribution in [0.1, 0.15) is 58.8 Å². The summed E-state index contributed by atoms with van der Waals surface area (Å²) in [4.78, 5) is 23.0. The van der Waals surface area contributed by atoms with E-state index in [1.807, 2.05) is 0 Å². The maximum absolute atomic E-state index is 12.1. The number of amides is 1. The molecule has 0 aromatic heterocycles. The Labute approximate surface area is 126 Å². The SMILES string of the molecule is CC(C)(CNC(=O)[C@@H]1CC[C@H](C(=O)O)O1)C1CCCCC1. The molecule has 1 amide bonds. The molecule has 2 N–H and O–H groups in total. The van der Waals surface area contributed by atoms with Gasteiger partial charge < -0.3 is 15.2 Å². The second kappa shape index (κ2) is 6.77. The molecule has 0 unspecified atom stereocenters. The molecule has 2 fully saturated rings. The van der Waals surface area contributed by atoms with Gasteiger partial charge in [0, 0.05) is 6.54 Å². The Bertz CT molecular complexity index is 388. The van der Waals surface area contributed by atoms with Crippen LogP contribution in [0.5, 0.6) is 0 Å². The molecule has 1 saturated heterocycles. The van der Waals surface area contributed by atoms with Crippen molar-refractivity contribution in [2.75, 3.05) is 6.54 Å². The molecule has 120 valence electrons. The second-order valence-electron chi connectivity index (χ2n) is 7.07. The molecule has 1 aliphatic carbocycles. The third-order valence-electron chi connectivity index (χ3n) is 5.02. The molecule has 0 spiro atoms. The molecule has 0 aromatic carbocycles. The smallest absolute Gasteiger partial charge is 0.332 e. The largest absolute Gasteiger partial charge is 0.479 e. The molecule has 2 rings (SSSR count). The van der Waals surface area contributed by atoms with Crippen molar-refractivity contribution < 1.29 is 19.4 Å². The molecule has 5 heteroatoms. The van der Waals surface area contributed by atoms with E-state index in [0.29, 0.717) is 25.3 Å². The molecule has 1 saturated carbocycles. The van der Waals surface area contributed by atoms with Gasteiger partial charge in [-0.25, -0.2) is 4.79 Å². The molecular weight excluding hydrogens is 270 g/mol. The summed E-state index contributed by atoms with van der Waals surface area (Å²) in [5.41, 5.74) is 0.0842. The topological polar surface area (TPSA) is 75.6 Å². The first-order valence-corrected chi connectivity index (χ1v) is 8.06. The van der Waals surface area contributed by atoms with E-state index >= 15 is 0 Å². The van der Waals surface area contributed by atoms with Crippen molar-refractivity contribution in [3.05, 3.63) is 0 Å². The number of carboxylic acid groups (broad SMARTS) is 1. The van der Waals surface area contributed by atoms with Crippen LogP contribution in [0.15, 0.2) is 0 Å². The number of hydrogen-bond acceptors (Lipinski definition) is 3. The van der Waals surface area contributed by atoms with E-state index < -0.39 is 18.2 Å². The molecule has 0 aromatic rings. The van der Waals surface area contributed by atoms with E-state index in [-0.39, 0.29) is 11.3 Å². The first-order valence-electron chi connectivity index (χ1n) is 8.06. The Morgan fingerprint density at radius 1 is 1.10 bits per heavy atom. The second-order valence-corrected chi connectivity index (χ2v) is 7.07. The van der Waals surface area contributed by atoms with Crippen LogP contribution in [0.3, 0.4) is 0 Å². The highest BCUT2D eigenvalue weighted by atomic mass is 16.5. The predicted octanol–water partition coefficient (Wildman–Crippen LogP) is 2.34. The lowest BCUT2D eigenvalue weighted by Crippen LogP contribution is -2.43. The number of carbonyl (C=O) groups is 2. The number of hydrogen-bond donors (Lipinski definition) is 2. The van der Waals surface area contributed by atoms with E-state index in [1.54, 1.807) is 0 Å². The quantitative estimate of drug-likeness (QED) is 0.816. The number of carboxylic acids is 1. The Morgan fingerprint density at radius 2 is 1.71 bits per heavy atom. The van der Waals surface area contributed by atoms with Crippen molar-refractivity contribution in [1.82, 2.24) is 5.32 Å². The van der Waals surface area contributed by atoms with Gasteiger partial charge in [0.1, 0.15) is 6.10 Å². The fourth-order valence-corrected chi connectivity index (χ4v) is 3.47. The number of aliphatic carboxylic acids is 1. The molecule has 2 atom stereocenters. The Morgan fingerprint density at radius 3 is 2.29 bits per heavy atom. The van der Waals surface area contributed by atoms with Gasteiger partial charge in [0.2, 0.25) is 5.91 Å². The summed E-state index contributed by atoms with van der Waals surface area (Å²) >= 11 is 0. The maximum atomic E-state index is 12.1. The van der Waals surface area contributed by atoms with Gasteiger partial charge in [0.15, 0.2) is 6.10 Å². The van der Waals surface area contributed by atoms with Gasteiger partial charge in [0.25, 0.3) is 0 Å². The third-order valence-corrected chi connectivity index (χ3v) is 5.02. The number of carbonyl (C=O) groups excluding carboxylic acids is 1. The van der Waals surface area contributed by atoms with Crippen LogP contribution in [0, 0.1) is 11.3 Å². The van der Waals surface area contributed by atoms with Crippen molar-refractivity contribution in [2.24, 2.45) is 11.3 Å². The van der Waals surface area contributed by atoms with Crippen LogP contribution in [0.2, 0.25) is 0 Å². The molecule has 1 heterocycles. The first kappa shape index (κ1) is 16.3. The van der Waals surface area contributed by atoms with Crippen LogP contribution < -0.4 is 5.32 Å². The zero-order valence-electron chi connectivity index (χ0n) is 13.1. The van der Waals surface area contributed by atoms with Crippen molar-refractivity contribution >= 4 is 11.9 Å². The standard InChI is InChI=1S/C16H27NO4/c1-16(2,11-6-4-3-5-7-11)10-17-14(18)12-8-9-13(21-12)15(19)20/h11-13H,3-10H2,1-2H3,(H,17,18)(H,19,20)/t12-,13+/m0/s1. The van der Waals surface area contributed by atoms with Crippen LogP contribution in [-0.4, -0.2) is 35.7 Å². The summed E-state index contributed by atoms with van der Waals surface area (Å²) in [5.74, 6) is -0.488. The normalized spacial score (nSPS) is 27.5. The highest BCUT2D eigenvalue weighted by Crippen LogP contribution is 2.37. The minimum absolute atomic E-state index is 0.0842. The highest BCUT2D eigenvalue weighted by molar-refractivity contribution is 5.82. The minimum Gasteiger partial charge on any atom is -0.479 e. The van der Waals surface area contributed by atoms with Gasteiger partial charge in [0.05, 0.1) is 0 Å². The summed E-state index contributed by atoms with van der Waals surface area (Å²) < 4.78 is 5.28. The van der Waals surface area contributed by atoms with Gasteiger partial charge in [-0.1, -0.05) is 33.1 Å². The van der Waals surface area contributed by atoms with E-state index in [0.717, 1.165) is 0 Å². The van der Waals surface area contributed by atoms with Gasteiger partial charge in [-0.05, 0) is 37.0 Å². The number of ether oxygens (including phenoxy) is 1. The fourth-order valence-electron chi connectivity index (χ4n) is 3.47. The van der Waals surface area contributed by atoms with Crippen molar-refractivity contribution in [1.29, 1.82) is 0 Å². The summed E-state index contributed by atoms with van der Waals surface area (Å²) in [7, 11) is 0. The zero-order chi connectivity index (χ0) is 15.5. The van der Waals surface area contributed by atoms with Crippen LogP contribution in [0.4, 0.5) is 0 Å².